The number of esters is 1. The molecule has 2 heterocycles. The molecule has 0 atom stereocenters. The van der Waals surface area contributed by atoms with Gasteiger partial charge in [-0.2, -0.15) is 0 Å². The van der Waals surface area contributed by atoms with E-state index in [0.717, 1.165) is 6.20 Å². The molecule has 0 radical (unpaired) electrons. The Kier molecular flexibility index (Phi) is 2.30. The van der Waals surface area contributed by atoms with Gasteiger partial charge in [0.2, 0.25) is 0 Å². The lowest BCUT2D eigenvalue weighted by Crippen LogP contribution is -2.20. The molecule has 0 amide bonds. The Morgan fingerprint density at radius 1 is 1.38 bits per heavy atom. The van der Waals surface area contributed by atoms with Gasteiger partial charge in [-0.3, -0.25) is 4.40 Å². The van der Waals surface area contributed by atoms with Crippen LogP contribution in [-0.2, 0) is 4.74 Å². The number of alkyl halides is 3. The van der Waals surface area contributed by atoms with Crippen molar-refractivity contribution in [3.63, 3.8) is 0 Å². The van der Waals surface area contributed by atoms with Crippen LogP contribution in [0, 0.1) is 0 Å². The molecule has 16 heavy (non-hydrogen) atoms. The van der Waals surface area contributed by atoms with Crippen molar-refractivity contribution in [2.45, 2.75) is 6.36 Å². The maximum Gasteiger partial charge on any atom is 0.575 e. The first-order valence-corrected chi connectivity index (χ1v) is 4.19. The largest absolute Gasteiger partial charge is 0.575 e. The van der Waals surface area contributed by atoms with Gasteiger partial charge in [-0.1, -0.05) is 6.07 Å². The predicted molar refractivity (Wildman–Crippen MR) is 46.7 cm³/mol. The average molecular weight is 230 g/mol. The fourth-order valence-corrected chi connectivity index (χ4v) is 1.24. The van der Waals surface area contributed by atoms with E-state index in [1.807, 2.05) is 0 Å². The summed E-state index contributed by atoms with van der Waals surface area (Å²) in [5.74, 6) is -1.48. The van der Waals surface area contributed by atoms with Crippen molar-refractivity contribution in [3.8, 4) is 0 Å². The molecule has 0 aromatic carbocycles. The summed E-state index contributed by atoms with van der Waals surface area (Å²) >= 11 is 0. The van der Waals surface area contributed by atoms with Crippen LogP contribution >= 0.6 is 0 Å². The van der Waals surface area contributed by atoms with E-state index in [-0.39, 0.29) is 5.69 Å². The van der Waals surface area contributed by atoms with E-state index in [0.29, 0.717) is 5.65 Å². The Balaban J connectivity index is 2.37. The van der Waals surface area contributed by atoms with Crippen molar-refractivity contribution in [2.75, 3.05) is 0 Å². The van der Waals surface area contributed by atoms with E-state index in [9.17, 15) is 18.0 Å². The number of imidazole rings is 1. The molecule has 0 aliphatic rings. The first-order valence-electron chi connectivity index (χ1n) is 4.19. The van der Waals surface area contributed by atoms with Gasteiger partial charge in [0.1, 0.15) is 5.65 Å². The second kappa shape index (κ2) is 3.51. The second-order valence-electron chi connectivity index (χ2n) is 2.91. The molecular weight excluding hydrogens is 225 g/mol. The average Bonchev–Trinajstić information content (AvgIpc) is 2.58. The maximum atomic E-state index is 11.8. The van der Waals surface area contributed by atoms with Crippen LogP contribution in [-0.4, -0.2) is 21.7 Å². The number of ether oxygens (including phenoxy) is 1. The van der Waals surface area contributed by atoms with Gasteiger partial charge < -0.3 is 4.74 Å². The molecule has 0 unspecified atom stereocenters. The molecule has 0 N–H and O–H groups in total. The topological polar surface area (TPSA) is 43.6 Å². The third-order valence-electron chi connectivity index (χ3n) is 1.83. The predicted octanol–water partition coefficient (Wildman–Crippen LogP) is 2.01. The van der Waals surface area contributed by atoms with Crippen molar-refractivity contribution in [1.29, 1.82) is 0 Å². The quantitative estimate of drug-likeness (QED) is 0.704. The van der Waals surface area contributed by atoms with Gasteiger partial charge in [-0.25, -0.2) is 9.78 Å². The fourth-order valence-electron chi connectivity index (χ4n) is 1.24. The van der Waals surface area contributed by atoms with Crippen LogP contribution in [0.2, 0.25) is 0 Å². The minimum Gasteiger partial charge on any atom is -0.368 e. The number of rotatable bonds is 1. The summed E-state index contributed by atoms with van der Waals surface area (Å²) in [4.78, 5) is 14.9. The second-order valence-corrected chi connectivity index (χ2v) is 2.91. The van der Waals surface area contributed by atoms with Crippen molar-refractivity contribution in [1.82, 2.24) is 9.38 Å². The fraction of sp³-hybridized carbons (Fsp3) is 0.111. The van der Waals surface area contributed by atoms with Gasteiger partial charge in [-0.05, 0) is 12.1 Å². The van der Waals surface area contributed by atoms with Crippen LogP contribution < -0.4 is 0 Å². The molecule has 0 aliphatic carbocycles. The Labute approximate surface area is 87.3 Å². The van der Waals surface area contributed by atoms with Gasteiger partial charge in [0.25, 0.3) is 0 Å². The number of carbonyl (C=O) groups excluding carboxylic acids is 1. The molecule has 84 valence electrons. The van der Waals surface area contributed by atoms with Gasteiger partial charge >= 0.3 is 12.3 Å². The number of fused-ring (bicyclic) bond motifs is 1. The van der Waals surface area contributed by atoms with Crippen LogP contribution in [0.4, 0.5) is 13.2 Å². The minimum absolute atomic E-state index is 0.270. The van der Waals surface area contributed by atoms with E-state index in [1.165, 1.54) is 10.6 Å². The normalized spacial score (nSPS) is 11.7. The maximum absolute atomic E-state index is 11.8. The van der Waals surface area contributed by atoms with Gasteiger partial charge in [0.05, 0.1) is 6.20 Å². The number of nitrogens with zero attached hydrogens (tertiary/aromatic N) is 2. The third-order valence-corrected chi connectivity index (χ3v) is 1.83. The zero-order valence-electron chi connectivity index (χ0n) is 7.73. The monoisotopic (exact) mass is 230 g/mol. The zero-order valence-corrected chi connectivity index (χ0v) is 7.73. The van der Waals surface area contributed by atoms with Crippen molar-refractivity contribution in [3.05, 3.63) is 36.3 Å². The highest BCUT2D eigenvalue weighted by molar-refractivity contribution is 5.88. The number of pyridine rings is 1. The van der Waals surface area contributed by atoms with Crippen LogP contribution in [0.3, 0.4) is 0 Å². The molecule has 2 rings (SSSR count). The van der Waals surface area contributed by atoms with Crippen LogP contribution in [0.25, 0.3) is 5.65 Å². The van der Waals surface area contributed by atoms with Crippen molar-refractivity contribution in [2.24, 2.45) is 0 Å². The number of aromatic nitrogens is 2. The third kappa shape index (κ3) is 1.97. The lowest BCUT2D eigenvalue weighted by atomic mass is 10.4. The molecular formula is C9H5F3N2O2. The Morgan fingerprint density at radius 2 is 2.12 bits per heavy atom. The minimum atomic E-state index is -4.99. The van der Waals surface area contributed by atoms with E-state index in [1.54, 1.807) is 18.2 Å². The van der Waals surface area contributed by atoms with Gasteiger partial charge in [-0.15, -0.1) is 13.2 Å². The molecule has 0 bridgehead atoms. The molecule has 0 spiro atoms. The number of hydrogen-bond donors (Lipinski definition) is 0. The van der Waals surface area contributed by atoms with Crippen LogP contribution in [0.5, 0.6) is 0 Å². The molecule has 0 aliphatic heterocycles. The van der Waals surface area contributed by atoms with Crippen LogP contribution in [0.15, 0.2) is 30.6 Å². The lowest BCUT2D eigenvalue weighted by molar-refractivity contribution is -0.292. The summed E-state index contributed by atoms with van der Waals surface area (Å²) in [6.45, 7) is 0. The summed E-state index contributed by atoms with van der Waals surface area (Å²) < 4.78 is 40.0. The van der Waals surface area contributed by atoms with E-state index in [4.69, 9.17) is 0 Å². The van der Waals surface area contributed by atoms with Crippen LogP contribution in [0.1, 0.15) is 10.5 Å². The summed E-state index contributed by atoms with van der Waals surface area (Å²) in [5.41, 5.74) is 0.101. The smallest absolute Gasteiger partial charge is 0.368 e. The van der Waals surface area contributed by atoms with E-state index in [2.05, 4.69) is 9.72 Å². The summed E-state index contributed by atoms with van der Waals surface area (Å²) in [5, 5.41) is 0. The summed E-state index contributed by atoms with van der Waals surface area (Å²) in [7, 11) is 0. The zero-order chi connectivity index (χ0) is 11.8. The van der Waals surface area contributed by atoms with Crippen molar-refractivity contribution < 1.29 is 22.7 Å². The first-order chi connectivity index (χ1) is 7.47. The van der Waals surface area contributed by atoms with E-state index < -0.39 is 12.3 Å². The molecule has 0 fully saturated rings. The number of hydrogen-bond acceptors (Lipinski definition) is 3. The summed E-state index contributed by atoms with van der Waals surface area (Å²) in [6, 6.07) is 4.78. The highest BCUT2D eigenvalue weighted by Gasteiger charge is 2.35. The van der Waals surface area contributed by atoms with E-state index >= 15 is 0 Å². The highest BCUT2D eigenvalue weighted by Crippen LogP contribution is 2.19. The van der Waals surface area contributed by atoms with Gasteiger partial charge in [0, 0.05) is 6.20 Å². The molecule has 0 saturated heterocycles. The molecule has 2 aromatic rings. The summed E-state index contributed by atoms with van der Waals surface area (Å²) in [6.07, 6.45) is -2.53. The number of carbonyl (C=O) groups is 1. The Bertz CT molecular complexity index is 533. The van der Waals surface area contributed by atoms with Crippen molar-refractivity contribution >= 4 is 11.6 Å². The lowest BCUT2D eigenvalue weighted by Gasteiger charge is -2.06. The SMILES string of the molecule is O=C(OC(F)(F)F)c1cnc2ccccn12. The molecule has 7 heteroatoms. The molecule has 4 nitrogen and oxygen atoms in total. The standard InChI is InChI=1S/C9H5F3N2O2/c10-9(11,12)16-8(15)6-5-13-7-3-1-2-4-14(6)7/h1-5H. The van der Waals surface area contributed by atoms with Gasteiger partial charge in [0.15, 0.2) is 5.69 Å². The Hall–Kier alpha value is -2.05. The Morgan fingerprint density at radius 3 is 2.81 bits per heavy atom. The highest BCUT2D eigenvalue weighted by atomic mass is 19.4. The first kappa shape index (κ1) is 10.5. The molecule has 0 saturated carbocycles. The molecule has 2 aromatic heterocycles. The number of halogens is 3.